The van der Waals surface area contributed by atoms with E-state index in [1.54, 1.807) is 36.4 Å². The number of anilines is 3. The minimum absolute atomic E-state index is 0.0113. The van der Waals surface area contributed by atoms with Crippen molar-refractivity contribution in [1.29, 1.82) is 0 Å². The van der Waals surface area contributed by atoms with Crippen LogP contribution in [-0.4, -0.2) is 47.0 Å². The quantitative estimate of drug-likeness (QED) is 0.325. The van der Waals surface area contributed by atoms with Gasteiger partial charge in [-0.1, -0.05) is 24.8 Å². The van der Waals surface area contributed by atoms with E-state index in [2.05, 4.69) is 32.1 Å². The first-order valence-corrected chi connectivity index (χ1v) is 11.8. The molecule has 1 atom stereocenters. The van der Waals surface area contributed by atoms with Gasteiger partial charge in [-0.25, -0.2) is 18.7 Å². The number of nitrogens with zero attached hydrogens (tertiary/aromatic N) is 3. The first kappa shape index (κ1) is 24.3. The molecule has 5 rings (SSSR count). The Bertz CT molecular complexity index is 1470. The van der Waals surface area contributed by atoms with Gasteiger partial charge < -0.3 is 20.3 Å². The number of amides is 1. The molecule has 1 aliphatic rings. The Kier molecular flexibility index (Phi) is 6.78. The highest BCUT2D eigenvalue weighted by Gasteiger charge is 2.23. The second-order valence-corrected chi connectivity index (χ2v) is 8.87. The molecule has 0 bridgehead atoms. The molecule has 37 heavy (non-hydrogen) atoms. The summed E-state index contributed by atoms with van der Waals surface area (Å²) in [4.78, 5) is 23.1. The summed E-state index contributed by atoms with van der Waals surface area (Å²) < 4.78 is 34.9. The number of likely N-dealkylation sites (N-methyl/N-ethyl adjacent to an activating group) is 1. The molecule has 0 radical (unpaired) electrons. The zero-order valence-corrected chi connectivity index (χ0v) is 20.2. The van der Waals surface area contributed by atoms with E-state index < -0.39 is 11.6 Å². The molecule has 1 aromatic heterocycles. The van der Waals surface area contributed by atoms with Gasteiger partial charge in [-0.05, 0) is 55.4 Å². The topological polar surface area (TPSA) is 79.4 Å². The number of carbonyl (C=O) groups excluding carboxylic acids is 1. The molecule has 3 aromatic carbocycles. The smallest absolute Gasteiger partial charge is 0.247 e. The number of hydrogen-bond acceptors (Lipinski definition) is 6. The fourth-order valence-electron chi connectivity index (χ4n) is 4.40. The van der Waals surface area contributed by atoms with Crippen molar-refractivity contribution >= 4 is 34.0 Å². The molecule has 0 saturated carbocycles. The van der Waals surface area contributed by atoms with E-state index >= 15 is 0 Å². The van der Waals surface area contributed by atoms with Gasteiger partial charge in [0.1, 0.15) is 35.6 Å². The van der Waals surface area contributed by atoms with Crippen LogP contribution in [0, 0.1) is 11.6 Å². The zero-order chi connectivity index (χ0) is 25.9. The van der Waals surface area contributed by atoms with Crippen molar-refractivity contribution in [1.82, 2.24) is 14.9 Å². The number of rotatable bonds is 7. The maximum absolute atomic E-state index is 14.3. The van der Waals surface area contributed by atoms with E-state index in [0.29, 0.717) is 39.4 Å². The largest absolute Gasteiger partial charge is 0.487 e. The first-order valence-electron chi connectivity index (χ1n) is 11.8. The molecule has 9 heteroatoms. The van der Waals surface area contributed by atoms with Gasteiger partial charge in [-0.3, -0.25) is 4.79 Å². The summed E-state index contributed by atoms with van der Waals surface area (Å²) in [7, 11) is 2.03. The molecule has 0 unspecified atom stereocenters. The van der Waals surface area contributed by atoms with Gasteiger partial charge in [0.25, 0.3) is 0 Å². The maximum atomic E-state index is 14.3. The van der Waals surface area contributed by atoms with Gasteiger partial charge in [-0.15, -0.1) is 0 Å². The monoisotopic (exact) mass is 501 g/mol. The van der Waals surface area contributed by atoms with Gasteiger partial charge in [0.05, 0.1) is 16.8 Å². The van der Waals surface area contributed by atoms with Crippen LogP contribution in [0.25, 0.3) is 22.0 Å². The number of benzene rings is 3. The second-order valence-electron chi connectivity index (χ2n) is 8.87. The lowest BCUT2D eigenvalue weighted by Crippen LogP contribution is -2.22. The van der Waals surface area contributed by atoms with Crippen LogP contribution in [0.4, 0.5) is 26.0 Å². The van der Waals surface area contributed by atoms with E-state index in [9.17, 15) is 13.6 Å². The number of nitrogens with one attached hydrogen (secondary N) is 2. The van der Waals surface area contributed by atoms with Crippen molar-refractivity contribution in [2.24, 2.45) is 0 Å². The highest BCUT2D eigenvalue weighted by atomic mass is 19.1. The highest BCUT2D eigenvalue weighted by Crippen LogP contribution is 2.35. The van der Waals surface area contributed by atoms with Crippen molar-refractivity contribution in [3.63, 3.8) is 0 Å². The van der Waals surface area contributed by atoms with Crippen molar-refractivity contribution < 1.29 is 18.3 Å². The number of hydrogen-bond donors (Lipinski definition) is 2. The summed E-state index contributed by atoms with van der Waals surface area (Å²) in [5.41, 5.74) is 1.92. The van der Waals surface area contributed by atoms with Crippen molar-refractivity contribution in [3.05, 3.63) is 85.2 Å². The number of fused-ring (bicyclic) bond motifs is 1. The van der Waals surface area contributed by atoms with Crippen LogP contribution in [0.3, 0.4) is 0 Å². The summed E-state index contributed by atoms with van der Waals surface area (Å²) in [5.74, 6) is -0.706. The maximum Gasteiger partial charge on any atom is 0.247 e. The number of ether oxygens (including phenoxy) is 1. The standard InChI is InChI=1S/C28H25F2N5O2/c1-3-26(36)34-24-13-20-23(14-25(24)37-19-10-11-35(2)15-19)31-16-32-28(20)33-18-7-4-6-17(12-18)27-21(29)8-5-9-22(27)30/h3-9,12-14,16,19H,1,10-11,15H2,2H3,(H,34,36)(H,31,32,33)/t19-/m1/s1. The van der Waals surface area contributed by atoms with E-state index in [1.807, 2.05) is 7.05 Å². The van der Waals surface area contributed by atoms with Gasteiger partial charge in [0.2, 0.25) is 5.91 Å². The van der Waals surface area contributed by atoms with Crippen LogP contribution in [-0.2, 0) is 4.79 Å². The van der Waals surface area contributed by atoms with Crippen LogP contribution in [0.1, 0.15) is 6.42 Å². The SMILES string of the molecule is C=CC(=O)Nc1cc2c(Nc3cccc(-c4c(F)cccc4F)c3)ncnc2cc1O[C@@H]1CCN(C)C1. The number of carbonyl (C=O) groups is 1. The molecular formula is C28H25F2N5O2. The summed E-state index contributed by atoms with van der Waals surface area (Å²) in [6.07, 6.45) is 3.47. The Morgan fingerprint density at radius 1 is 1.14 bits per heavy atom. The molecular weight excluding hydrogens is 476 g/mol. The Labute approximate surface area is 212 Å². The summed E-state index contributed by atoms with van der Waals surface area (Å²) in [6, 6.07) is 14.0. The summed E-state index contributed by atoms with van der Waals surface area (Å²) in [5, 5.41) is 6.65. The molecule has 0 aliphatic carbocycles. The molecule has 2 N–H and O–H groups in total. The minimum Gasteiger partial charge on any atom is -0.487 e. The molecule has 1 saturated heterocycles. The van der Waals surface area contributed by atoms with Gasteiger partial charge >= 0.3 is 0 Å². The molecule has 188 valence electrons. The molecule has 1 amide bonds. The van der Waals surface area contributed by atoms with E-state index in [0.717, 1.165) is 19.5 Å². The van der Waals surface area contributed by atoms with Crippen LogP contribution < -0.4 is 15.4 Å². The van der Waals surface area contributed by atoms with Crippen LogP contribution in [0.5, 0.6) is 5.75 Å². The second kappa shape index (κ2) is 10.3. The molecule has 0 spiro atoms. The third-order valence-electron chi connectivity index (χ3n) is 6.20. The lowest BCUT2D eigenvalue weighted by Gasteiger charge is -2.18. The predicted molar refractivity (Wildman–Crippen MR) is 140 cm³/mol. The fraction of sp³-hybridized carbons (Fsp3) is 0.179. The fourth-order valence-corrected chi connectivity index (χ4v) is 4.40. The van der Waals surface area contributed by atoms with Crippen molar-refractivity contribution in [2.45, 2.75) is 12.5 Å². The number of likely N-dealkylation sites (tertiary alicyclic amines) is 1. The van der Waals surface area contributed by atoms with Crippen LogP contribution in [0.2, 0.25) is 0 Å². The van der Waals surface area contributed by atoms with Crippen molar-refractivity contribution in [3.8, 4) is 16.9 Å². The highest BCUT2D eigenvalue weighted by molar-refractivity contribution is 6.03. The van der Waals surface area contributed by atoms with Gasteiger partial charge in [-0.2, -0.15) is 0 Å². The Morgan fingerprint density at radius 2 is 1.92 bits per heavy atom. The van der Waals surface area contributed by atoms with E-state index in [4.69, 9.17) is 4.74 Å². The zero-order valence-electron chi connectivity index (χ0n) is 20.2. The lowest BCUT2D eigenvalue weighted by molar-refractivity contribution is -0.111. The number of halogens is 2. The number of aromatic nitrogens is 2. The third-order valence-corrected chi connectivity index (χ3v) is 6.20. The lowest BCUT2D eigenvalue weighted by atomic mass is 10.0. The first-order chi connectivity index (χ1) is 17.9. The van der Waals surface area contributed by atoms with Gasteiger partial charge in [0, 0.05) is 30.2 Å². The van der Waals surface area contributed by atoms with Crippen molar-refractivity contribution in [2.75, 3.05) is 30.8 Å². The minimum atomic E-state index is -0.645. The Morgan fingerprint density at radius 3 is 2.65 bits per heavy atom. The predicted octanol–water partition coefficient (Wildman–Crippen LogP) is 5.53. The van der Waals surface area contributed by atoms with Crippen LogP contribution in [0.15, 0.2) is 73.6 Å². The molecule has 4 aromatic rings. The molecule has 2 heterocycles. The molecule has 1 fully saturated rings. The molecule has 1 aliphatic heterocycles. The summed E-state index contributed by atoms with van der Waals surface area (Å²) in [6.45, 7) is 5.24. The third kappa shape index (κ3) is 5.26. The average molecular weight is 502 g/mol. The van der Waals surface area contributed by atoms with Crippen LogP contribution >= 0.6 is 0 Å². The van der Waals surface area contributed by atoms with E-state index in [1.165, 1.54) is 30.6 Å². The Hall–Kier alpha value is -4.37. The summed E-state index contributed by atoms with van der Waals surface area (Å²) >= 11 is 0. The average Bonchev–Trinajstić information content (AvgIpc) is 3.29. The normalized spacial score (nSPS) is 15.5. The van der Waals surface area contributed by atoms with Gasteiger partial charge in [0.15, 0.2) is 0 Å². The molecule has 7 nitrogen and oxygen atoms in total. The Balaban J connectivity index is 1.51. The van der Waals surface area contributed by atoms with E-state index in [-0.39, 0.29) is 17.6 Å².